The number of hydrogen-bond acceptors (Lipinski definition) is 2. The Labute approximate surface area is 124 Å². The summed E-state index contributed by atoms with van der Waals surface area (Å²) in [5.41, 5.74) is 4.61. The van der Waals surface area contributed by atoms with Crippen molar-refractivity contribution in [3.05, 3.63) is 34.5 Å². The summed E-state index contributed by atoms with van der Waals surface area (Å²) in [5.74, 6) is -0.843. The number of likely N-dealkylation sites (tertiary alicyclic amines) is 1. The Morgan fingerprint density at radius 3 is 2.71 bits per heavy atom. The molecule has 2 heterocycles. The summed E-state index contributed by atoms with van der Waals surface area (Å²) in [5, 5.41) is 10.5. The Kier molecular flexibility index (Phi) is 3.72. The van der Waals surface area contributed by atoms with Crippen LogP contribution in [0, 0.1) is 13.8 Å². The molecule has 0 aliphatic carbocycles. The third-order valence-corrected chi connectivity index (χ3v) is 4.62. The summed E-state index contributed by atoms with van der Waals surface area (Å²) >= 11 is 0. The first-order valence-electron chi connectivity index (χ1n) is 7.63. The number of carboxylic acids is 1. The molecule has 1 fully saturated rings. The maximum Gasteiger partial charge on any atom is 0.335 e. The van der Waals surface area contributed by atoms with Crippen molar-refractivity contribution in [1.29, 1.82) is 0 Å². The number of aryl methyl sites for hydroxylation is 2. The van der Waals surface area contributed by atoms with Crippen molar-refractivity contribution in [2.75, 3.05) is 19.6 Å². The van der Waals surface area contributed by atoms with E-state index in [4.69, 9.17) is 0 Å². The van der Waals surface area contributed by atoms with Gasteiger partial charge in [0.05, 0.1) is 5.56 Å². The summed E-state index contributed by atoms with van der Waals surface area (Å²) in [4.78, 5) is 17.2. The lowest BCUT2D eigenvalue weighted by atomic mass is 9.97. The lowest BCUT2D eigenvalue weighted by Crippen LogP contribution is -2.21. The Balaban J connectivity index is 1.97. The number of fused-ring (bicyclic) bond motifs is 1. The molecule has 4 heteroatoms. The zero-order valence-corrected chi connectivity index (χ0v) is 12.7. The molecule has 2 aromatic rings. The average Bonchev–Trinajstić information content (AvgIpc) is 3.09. The molecule has 3 rings (SSSR count). The van der Waals surface area contributed by atoms with Gasteiger partial charge in [-0.05, 0) is 69.0 Å². The average molecular weight is 286 g/mol. The largest absolute Gasteiger partial charge is 0.478 e. The minimum atomic E-state index is -0.843. The quantitative estimate of drug-likeness (QED) is 0.908. The van der Waals surface area contributed by atoms with Crippen molar-refractivity contribution in [3.8, 4) is 0 Å². The summed E-state index contributed by atoms with van der Waals surface area (Å²) in [7, 11) is 0. The summed E-state index contributed by atoms with van der Waals surface area (Å²) < 4.78 is 0. The second kappa shape index (κ2) is 5.53. The molecule has 1 aliphatic heterocycles. The van der Waals surface area contributed by atoms with Crippen LogP contribution in [-0.4, -0.2) is 40.6 Å². The first kappa shape index (κ1) is 14.1. The van der Waals surface area contributed by atoms with Crippen molar-refractivity contribution >= 4 is 16.9 Å². The van der Waals surface area contributed by atoms with Crippen LogP contribution in [0.1, 0.15) is 39.9 Å². The fourth-order valence-electron chi connectivity index (χ4n) is 3.44. The molecule has 0 bridgehead atoms. The third-order valence-electron chi connectivity index (χ3n) is 4.62. The van der Waals surface area contributed by atoms with Crippen LogP contribution < -0.4 is 0 Å². The SMILES string of the molecule is Cc1cc(C(=O)O)c(C)c2c(CCN3CCCC3)c[nH]c12. The van der Waals surface area contributed by atoms with Gasteiger partial charge in [-0.1, -0.05) is 0 Å². The van der Waals surface area contributed by atoms with E-state index in [0.717, 1.165) is 35.0 Å². The first-order valence-corrected chi connectivity index (χ1v) is 7.63. The number of benzene rings is 1. The zero-order valence-electron chi connectivity index (χ0n) is 12.7. The van der Waals surface area contributed by atoms with E-state index in [1.54, 1.807) is 6.07 Å². The van der Waals surface area contributed by atoms with E-state index in [-0.39, 0.29) is 0 Å². The standard InChI is InChI=1S/C17H22N2O2/c1-11-9-14(17(20)21)12(2)15-13(10-18-16(11)15)5-8-19-6-3-4-7-19/h9-10,18H,3-8H2,1-2H3,(H,20,21). The van der Waals surface area contributed by atoms with E-state index in [9.17, 15) is 9.90 Å². The molecular weight excluding hydrogens is 264 g/mol. The highest BCUT2D eigenvalue weighted by molar-refractivity contribution is 5.99. The highest BCUT2D eigenvalue weighted by atomic mass is 16.4. The molecule has 1 aromatic carbocycles. The summed E-state index contributed by atoms with van der Waals surface area (Å²) in [6.45, 7) is 7.33. The number of carbonyl (C=O) groups is 1. The molecule has 4 nitrogen and oxygen atoms in total. The van der Waals surface area contributed by atoms with Gasteiger partial charge < -0.3 is 15.0 Å². The second-order valence-electron chi connectivity index (χ2n) is 6.03. The number of aromatic carboxylic acids is 1. The van der Waals surface area contributed by atoms with Crippen molar-refractivity contribution < 1.29 is 9.90 Å². The molecular formula is C17H22N2O2. The van der Waals surface area contributed by atoms with Gasteiger partial charge in [0, 0.05) is 23.6 Å². The number of nitrogens with one attached hydrogen (secondary N) is 1. The fourth-order valence-corrected chi connectivity index (χ4v) is 3.44. The lowest BCUT2D eigenvalue weighted by Gasteiger charge is -2.14. The van der Waals surface area contributed by atoms with Crippen molar-refractivity contribution in [2.45, 2.75) is 33.1 Å². The number of carboxylic acid groups (broad SMARTS) is 1. The van der Waals surface area contributed by atoms with Crippen LogP contribution in [0.5, 0.6) is 0 Å². The molecule has 1 aliphatic rings. The minimum Gasteiger partial charge on any atom is -0.478 e. The van der Waals surface area contributed by atoms with E-state index in [1.165, 1.54) is 31.5 Å². The van der Waals surface area contributed by atoms with Crippen LogP contribution in [0.4, 0.5) is 0 Å². The Morgan fingerprint density at radius 2 is 2.05 bits per heavy atom. The van der Waals surface area contributed by atoms with E-state index >= 15 is 0 Å². The van der Waals surface area contributed by atoms with Crippen molar-refractivity contribution in [2.24, 2.45) is 0 Å². The third kappa shape index (κ3) is 2.56. The Bertz CT molecular complexity index is 682. The molecule has 0 amide bonds. The second-order valence-corrected chi connectivity index (χ2v) is 6.03. The topological polar surface area (TPSA) is 56.3 Å². The van der Waals surface area contributed by atoms with Crippen LogP contribution in [0.25, 0.3) is 10.9 Å². The zero-order chi connectivity index (χ0) is 15.0. The molecule has 0 saturated carbocycles. The fraction of sp³-hybridized carbons (Fsp3) is 0.471. The Morgan fingerprint density at radius 1 is 1.33 bits per heavy atom. The smallest absolute Gasteiger partial charge is 0.335 e. The monoisotopic (exact) mass is 286 g/mol. The highest BCUT2D eigenvalue weighted by Crippen LogP contribution is 2.29. The van der Waals surface area contributed by atoms with Gasteiger partial charge in [0.1, 0.15) is 0 Å². The van der Waals surface area contributed by atoms with Crippen molar-refractivity contribution in [3.63, 3.8) is 0 Å². The van der Waals surface area contributed by atoms with Gasteiger partial charge >= 0.3 is 5.97 Å². The van der Waals surface area contributed by atoms with Gasteiger partial charge in [0.25, 0.3) is 0 Å². The molecule has 0 unspecified atom stereocenters. The Hall–Kier alpha value is -1.81. The molecule has 2 N–H and O–H groups in total. The molecule has 21 heavy (non-hydrogen) atoms. The van der Waals surface area contributed by atoms with Gasteiger partial charge in [-0.25, -0.2) is 4.79 Å². The predicted octanol–water partition coefficient (Wildman–Crippen LogP) is 3.12. The maximum absolute atomic E-state index is 11.4. The van der Waals surface area contributed by atoms with E-state index in [1.807, 2.05) is 20.0 Å². The van der Waals surface area contributed by atoms with E-state index in [2.05, 4.69) is 9.88 Å². The molecule has 1 saturated heterocycles. The number of aromatic nitrogens is 1. The van der Waals surface area contributed by atoms with Crippen LogP contribution >= 0.6 is 0 Å². The number of hydrogen-bond donors (Lipinski definition) is 2. The van der Waals surface area contributed by atoms with Crippen LogP contribution in [0.15, 0.2) is 12.3 Å². The van der Waals surface area contributed by atoms with Gasteiger partial charge in [0.15, 0.2) is 0 Å². The number of H-pyrrole nitrogens is 1. The van der Waals surface area contributed by atoms with Gasteiger partial charge in [-0.2, -0.15) is 0 Å². The molecule has 0 atom stereocenters. The van der Waals surface area contributed by atoms with Gasteiger partial charge in [0.2, 0.25) is 0 Å². The van der Waals surface area contributed by atoms with Gasteiger partial charge in [-0.15, -0.1) is 0 Å². The molecule has 1 aromatic heterocycles. The van der Waals surface area contributed by atoms with E-state index < -0.39 is 5.97 Å². The highest BCUT2D eigenvalue weighted by Gasteiger charge is 2.17. The molecule has 0 radical (unpaired) electrons. The number of aromatic amines is 1. The maximum atomic E-state index is 11.4. The minimum absolute atomic E-state index is 0.419. The van der Waals surface area contributed by atoms with Crippen molar-refractivity contribution in [1.82, 2.24) is 9.88 Å². The predicted molar refractivity (Wildman–Crippen MR) is 84.1 cm³/mol. The number of nitrogens with zero attached hydrogens (tertiary/aromatic N) is 1. The molecule has 0 spiro atoms. The lowest BCUT2D eigenvalue weighted by molar-refractivity contribution is 0.0696. The van der Waals surface area contributed by atoms with Crippen LogP contribution in [0.2, 0.25) is 0 Å². The summed E-state index contributed by atoms with van der Waals surface area (Å²) in [6, 6.07) is 1.76. The van der Waals surface area contributed by atoms with Crippen LogP contribution in [0.3, 0.4) is 0 Å². The van der Waals surface area contributed by atoms with E-state index in [0.29, 0.717) is 5.56 Å². The van der Waals surface area contributed by atoms with Gasteiger partial charge in [-0.3, -0.25) is 0 Å². The van der Waals surface area contributed by atoms with Crippen LogP contribution in [-0.2, 0) is 6.42 Å². The first-order chi connectivity index (χ1) is 10.1. The summed E-state index contributed by atoms with van der Waals surface area (Å²) in [6.07, 6.45) is 5.63. The normalized spacial score (nSPS) is 15.9. The number of rotatable bonds is 4. The molecule has 112 valence electrons.